The van der Waals surface area contributed by atoms with Crippen molar-refractivity contribution in [2.75, 3.05) is 0 Å². The lowest BCUT2D eigenvalue weighted by atomic mass is 9.95. The minimum Gasteiger partial charge on any atom is -0.478 e. The van der Waals surface area contributed by atoms with Gasteiger partial charge in [0.1, 0.15) is 5.52 Å². The molecule has 0 unspecified atom stereocenters. The monoisotopic (exact) mass is 361 g/mol. The van der Waals surface area contributed by atoms with Gasteiger partial charge < -0.3 is 10.2 Å². The summed E-state index contributed by atoms with van der Waals surface area (Å²) < 4.78 is 0. The summed E-state index contributed by atoms with van der Waals surface area (Å²) in [6, 6.07) is 21.0. The van der Waals surface area contributed by atoms with E-state index in [2.05, 4.69) is 15.4 Å². The largest absolute Gasteiger partial charge is 0.478 e. The average molecular weight is 361 g/mol. The maximum atomic E-state index is 11.3. The molecule has 0 saturated carbocycles. The number of aromatic nitrogens is 3. The predicted molar refractivity (Wildman–Crippen MR) is 99.7 cm³/mol. The zero-order chi connectivity index (χ0) is 19.2. The third-order valence-electron chi connectivity index (χ3n) is 3.83. The van der Waals surface area contributed by atoms with Crippen molar-refractivity contribution in [1.29, 1.82) is 0 Å². The summed E-state index contributed by atoms with van der Waals surface area (Å²) >= 11 is 0. The summed E-state index contributed by atoms with van der Waals surface area (Å²) in [6.07, 6.45) is 0. The fourth-order valence-corrected chi connectivity index (χ4v) is 2.61. The van der Waals surface area contributed by atoms with E-state index < -0.39 is 11.9 Å². The second-order valence-electron chi connectivity index (χ2n) is 5.53. The van der Waals surface area contributed by atoms with Crippen molar-refractivity contribution in [2.24, 2.45) is 0 Å². The number of aromatic amines is 1. The molecule has 0 amide bonds. The minimum atomic E-state index is -1.25. The molecule has 0 aliphatic rings. The van der Waals surface area contributed by atoms with Gasteiger partial charge in [0.15, 0.2) is 0 Å². The van der Waals surface area contributed by atoms with Crippen LogP contribution in [0.4, 0.5) is 0 Å². The van der Waals surface area contributed by atoms with E-state index >= 15 is 0 Å². The zero-order valence-corrected chi connectivity index (χ0v) is 14.0. The second kappa shape index (κ2) is 7.92. The van der Waals surface area contributed by atoms with E-state index in [-0.39, 0.29) is 11.1 Å². The van der Waals surface area contributed by atoms with Gasteiger partial charge in [-0.15, -0.1) is 5.10 Å². The van der Waals surface area contributed by atoms with Crippen molar-refractivity contribution in [1.82, 2.24) is 15.4 Å². The number of carboxylic acids is 2. The molecule has 1 aromatic heterocycles. The molecule has 0 saturated heterocycles. The molecule has 4 rings (SSSR count). The maximum absolute atomic E-state index is 11.3. The van der Waals surface area contributed by atoms with E-state index in [1.54, 1.807) is 30.3 Å². The predicted octanol–water partition coefficient (Wildman–Crippen LogP) is 3.71. The molecular formula is C20H15N3O4. The van der Waals surface area contributed by atoms with Crippen LogP contribution in [0.2, 0.25) is 0 Å². The summed E-state index contributed by atoms with van der Waals surface area (Å²) in [5, 5.41) is 28.4. The van der Waals surface area contributed by atoms with E-state index in [9.17, 15) is 14.7 Å². The van der Waals surface area contributed by atoms with Crippen LogP contribution in [0.15, 0.2) is 72.8 Å². The smallest absolute Gasteiger partial charge is 0.337 e. The highest BCUT2D eigenvalue weighted by atomic mass is 16.4. The van der Waals surface area contributed by atoms with Gasteiger partial charge in [-0.25, -0.2) is 9.59 Å². The Morgan fingerprint density at radius 3 is 2.15 bits per heavy atom. The Hall–Kier alpha value is -4.00. The normalized spacial score (nSPS) is 10.1. The molecule has 0 atom stereocenters. The molecule has 0 fully saturated rings. The van der Waals surface area contributed by atoms with Crippen molar-refractivity contribution < 1.29 is 19.8 Å². The number of hydrogen-bond acceptors (Lipinski definition) is 4. The molecule has 134 valence electrons. The van der Waals surface area contributed by atoms with Crippen molar-refractivity contribution >= 4 is 23.0 Å². The fraction of sp³-hybridized carbons (Fsp3) is 0. The molecule has 0 radical (unpaired) electrons. The molecule has 27 heavy (non-hydrogen) atoms. The van der Waals surface area contributed by atoms with Gasteiger partial charge in [-0.2, -0.15) is 0 Å². The fourth-order valence-electron chi connectivity index (χ4n) is 2.61. The third-order valence-corrected chi connectivity index (χ3v) is 3.83. The number of fused-ring (bicyclic) bond motifs is 1. The molecule has 3 N–H and O–H groups in total. The van der Waals surface area contributed by atoms with Crippen molar-refractivity contribution in [3.63, 3.8) is 0 Å². The SMILES string of the molecule is O=C(O)c1cccc(-c2ccccc2)c1C(=O)O.c1ccc2[nH]nnc2c1. The lowest BCUT2D eigenvalue weighted by Crippen LogP contribution is -2.09. The van der Waals surface area contributed by atoms with E-state index in [4.69, 9.17) is 5.11 Å². The quantitative estimate of drug-likeness (QED) is 0.512. The van der Waals surface area contributed by atoms with Crippen LogP contribution in [0.1, 0.15) is 20.7 Å². The third kappa shape index (κ3) is 3.98. The van der Waals surface area contributed by atoms with Gasteiger partial charge >= 0.3 is 11.9 Å². The number of nitrogens with one attached hydrogen (secondary N) is 1. The number of carbonyl (C=O) groups is 2. The molecule has 0 bridgehead atoms. The molecule has 3 aromatic carbocycles. The van der Waals surface area contributed by atoms with Crippen molar-refractivity contribution in [3.05, 3.63) is 83.9 Å². The molecule has 0 spiro atoms. The number of hydrogen-bond donors (Lipinski definition) is 3. The van der Waals surface area contributed by atoms with Crippen LogP contribution >= 0.6 is 0 Å². The minimum absolute atomic E-state index is 0.184. The standard InChI is InChI=1S/C14H10O4.C6H5N3/c15-13(16)11-8-4-7-10(12(11)14(17)18)9-5-2-1-3-6-9;1-2-4-6-5(3-1)7-9-8-6/h1-8H,(H,15,16)(H,17,18);1-4H,(H,7,8,9). The van der Waals surface area contributed by atoms with Gasteiger partial charge in [-0.1, -0.05) is 59.8 Å². The number of benzene rings is 3. The number of para-hydroxylation sites is 1. The molecular weight excluding hydrogens is 346 g/mol. The average Bonchev–Trinajstić information content (AvgIpc) is 3.17. The van der Waals surface area contributed by atoms with Crippen LogP contribution < -0.4 is 0 Å². The Morgan fingerprint density at radius 2 is 1.48 bits per heavy atom. The Bertz CT molecular complexity index is 1060. The van der Waals surface area contributed by atoms with E-state index in [1.165, 1.54) is 12.1 Å². The Kier molecular flexibility index (Phi) is 5.22. The Labute approximate surface area is 153 Å². The van der Waals surface area contributed by atoms with Gasteiger partial charge in [-0.3, -0.25) is 5.10 Å². The molecule has 7 heteroatoms. The maximum Gasteiger partial charge on any atom is 0.337 e. The zero-order valence-electron chi connectivity index (χ0n) is 14.0. The molecule has 1 heterocycles. The second-order valence-corrected chi connectivity index (χ2v) is 5.53. The summed E-state index contributed by atoms with van der Waals surface area (Å²) in [4.78, 5) is 22.3. The summed E-state index contributed by atoms with van der Waals surface area (Å²) in [5.41, 5.74) is 2.59. The Balaban J connectivity index is 0.000000193. The summed E-state index contributed by atoms with van der Waals surface area (Å²) in [7, 11) is 0. The van der Waals surface area contributed by atoms with E-state index in [1.807, 2.05) is 30.3 Å². The van der Waals surface area contributed by atoms with E-state index in [0.29, 0.717) is 11.1 Å². The van der Waals surface area contributed by atoms with Crippen LogP contribution in [-0.4, -0.2) is 37.6 Å². The number of carboxylic acid groups (broad SMARTS) is 2. The van der Waals surface area contributed by atoms with Crippen LogP contribution in [0.25, 0.3) is 22.2 Å². The number of rotatable bonds is 3. The highest BCUT2D eigenvalue weighted by Gasteiger charge is 2.20. The lowest BCUT2D eigenvalue weighted by Gasteiger charge is -2.08. The first-order chi connectivity index (χ1) is 13.1. The molecule has 4 aromatic rings. The van der Waals surface area contributed by atoms with Gasteiger partial charge in [0, 0.05) is 0 Å². The first-order valence-electron chi connectivity index (χ1n) is 7.98. The van der Waals surface area contributed by atoms with Gasteiger partial charge in [0.2, 0.25) is 0 Å². The number of H-pyrrole nitrogens is 1. The van der Waals surface area contributed by atoms with Crippen molar-refractivity contribution in [3.8, 4) is 11.1 Å². The van der Waals surface area contributed by atoms with Crippen LogP contribution in [0.3, 0.4) is 0 Å². The van der Waals surface area contributed by atoms with Crippen LogP contribution in [0.5, 0.6) is 0 Å². The van der Waals surface area contributed by atoms with E-state index in [0.717, 1.165) is 11.0 Å². The number of aromatic carboxylic acids is 2. The van der Waals surface area contributed by atoms with Crippen molar-refractivity contribution in [2.45, 2.75) is 0 Å². The highest BCUT2D eigenvalue weighted by molar-refractivity contribution is 6.06. The van der Waals surface area contributed by atoms with Gasteiger partial charge in [0.25, 0.3) is 0 Å². The Morgan fingerprint density at radius 1 is 0.778 bits per heavy atom. The first-order valence-corrected chi connectivity index (χ1v) is 7.98. The van der Waals surface area contributed by atoms with Crippen LogP contribution in [-0.2, 0) is 0 Å². The molecule has 7 nitrogen and oxygen atoms in total. The summed E-state index contributed by atoms with van der Waals surface area (Å²) in [6.45, 7) is 0. The van der Waals surface area contributed by atoms with Crippen LogP contribution in [0, 0.1) is 0 Å². The lowest BCUT2D eigenvalue weighted by molar-refractivity contribution is 0.0652. The van der Waals surface area contributed by atoms with Gasteiger partial charge in [-0.05, 0) is 29.3 Å². The summed E-state index contributed by atoms with van der Waals surface area (Å²) in [5.74, 6) is -2.49. The topological polar surface area (TPSA) is 116 Å². The van der Waals surface area contributed by atoms with Gasteiger partial charge in [0.05, 0.1) is 16.6 Å². The highest BCUT2D eigenvalue weighted by Crippen LogP contribution is 2.26. The molecule has 0 aliphatic heterocycles. The number of nitrogens with zero attached hydrogens (tertiary/aromatic N) is 2. The molecule has 0 aliphatic carbocycles. The first kappa shape index (κ1) is 17.8.